The Kier molecular flexibility index (Phi) is 3.69. The van der Waals surface area contributed by atoms with Crippen molar-refractivity contribution in [2.75, 3.05) is 6.61 Å². The van der Waals surface area contributed by atoms with Crippen molar-refractivity contribution in [1.29, 1.82) is 0 Å². The topological polar surface area (TPSA) is 9.23 Å². The van der Waals surface area contributed by atoms with E-state index in [9.17, 15) is 12.9 Å². The average Bonchev–Trinajstić information content (AvgIpc) is 2.15. The van der Waals surface area contributed by atoms with Crippen LogP contribution in [-0.2, 0) is 0 Å². The van der Waals surface area contributed by atoms with E-state index in [0.29, 0.717) is 10.8 Å². The van der Waals surface area contributed by atoms with Gasteiger partial charge in [0.2, 0.25) is 0 Å². The lowest BCUT2D eigenvalue weighted by Gasteiger charge is -2.18. The lowest BCUT2D eigenvalue weighted by molar-refractivity contribution is 0.347. The number of ether oxygens (including phenoxy) is 1. The van der Waals surface area contributed by atoms with Gasteiger partial charge in [0.25, 0.3) is 0 Å². The number of hydrogen-bond donors (Lipinski definition) is 0. The summed E-state index contributed by atoms with van der Waals surface area (Å²) in [6.45, 7) is -2.66. The number of rotatable bonds is 4. The molecular weight excluding hydrogens is 227 g/mol. The van der Waals surface area contributed by atoms with Crippen molar-refractivity contribution in [3.63, 3.8) is 0 Å². The van der Waals surface area contributed by atoms with Crippen molar-refractivity contribution in [2.24, 2.45) is 0 Å². The Morgan fingerprint density at radius 2 is 1.80 bits per heavy atom. The summed E-state index contributed by atoms with van der Waals surface area (Å²) < 4.78 is 41.1. The van der Waals surface area contributed by atoms with Crippen LogP contribution in [-0.4, -0.2) is 13.6 Å². The van der Waals surface area contributed by atoms with E-state index in [-0.39, 0.29) is 0 Å². The van der Waals surface area contributed by atoms with E-state index in [2.05, 4.69) is 6.58 Å². The van der Waals surface area contributed by atoms with E-state index in [1.807, 2.05) is 0 Å². The molecule has 0 aliphatic carbocycles. The quantitative estimate of drug-likeness (QED) is 0.724. The molecule has 15 heavy (non-hydrogen) atoms. The van der Waals surface area contributed by atoms with Gasteiger partial charge in [-0.2, -0.15) is 0 Å². The van der Waals surface area contributed by atoms with E-state index in [1.165, 1.54) is 12.1 Å². The van der Waals surface area contributed by atoms with Crippen LogP contribution in [0.2, 0.25) is 5.02 Å². The fourth-order valence-corrected chi connectivity index (χ4v) is 0.927. The third-order valence-corrected chi connectivity index (χ3v) is 1.95. The maximum Gasteiger partial charge on any atom is 0.508 e. The smallest absolute Gasteiger partial charge is 0.492 e. The fourth-order valence-electron chi connectivity index (χ4n) is 0.801. The van der Waals surface area contributed by atoms with Gasteiger partial charge in [0.1, 0.15) is 5.75 Å². The molecule has 0 N–H and O–H groups in total. The van der Waals surface area contributed by atoms with E-state index >= 15 is 0 Å². The number of benzene rings is 1. The van der Waals surface area contributed by atoms with Gasteiger partial charge in [0.15, 0.2) is 0 Å². The Morgan fingerprint density at radius 1 is 1.27 bits per heavy atom. The summed E-state index contributed by atoms with van der Waals surface area (Å²) in [4.78, 5) is 0. The van der Waals surface area contributed by atoms with Crippen LogP contribution in [0.15, 0.2) is 36.3 Å². The largest absolute Gasteiger partial charge is 0.508 e. The molecule has 6 heteroatoms. The Labute approximate surface area is 90.6 Å². The van der Waals surface area contributed by atoms with E-state index < -0.39 is 19.1 Å². The summed E-state index contributed by atoms with van der Waals surface area (Å²) in [6.07, 6.45) is 0. The molecule has 1 nitrogen and oxygen atoms in total. The van der Waals surface area contributed by atoms with Crippen molar-refractivity contribution >= 4 is 18.6 Å². The predicted molar refractivity (Wildman–Crippen MR) is 55.2 cm³/mol. The van der Waals surface area contributed by atoms with Gasteiger partial charge in [0, 0.05) is 5.02 Å². The highest BCUT2D eigenvalue weighted by molar-refractivity contribution is 6.66. The molecule has 82 valence electrons. The van der Waals surface area contributed by atoms with Crippen molar-refractivity contribution in [3.8, 4) is 5.75 Å². The van der Waals surface area contributed by atoms with Crippen molar-refractivity contribution in [1.82, 2.24) is 0 Å². The van der Waals surface area contributed by atoms with Crippen LogP contribution < -0.4 is 4.74 Å². The van der Waals surface area contributed by atoms with Crippen molar-refractivity contribution < 1.29 is 17.7 Å². The maximum atomic E-state index is 12.1. The summed E-state index contributed by atoms with van der Waals surface area (Å²) in [5.74, 6) is 0.334. The second-order valence-electron chi connectivity index (χ2n) is 2.98. The lowest BCUT2D eigenvalue weighted by Crippen LogP contribution is -2.23. The Balaban J connectivity index is 2.51. The Bertz CT molecular complexity index is 347. The normalized spacial score (nSPS) is 11.2. The van der Waals surface area contributed by atoms with Crippen LogP contribution in [0.25, 0.3) is 0 Å². The third-order valence-electron chi connectivity index (χ3n) is 1.70. The number of halogens is 4. The van der Waals surface area contributed by atoms with Gasteiger partial charge in [0.05, 0.1) is 6.61 Å². The van der Waals surface area contributed by atoms with Crippen LogP contribution >= 0.6 is 11.6 Å². The second kappa shape index (κ2) is 4.62. The van der Waals surface area contributed by atoms with Gasteiger partial charge >= 0.3 is 6.98 Å². The van der Waals surface area contributed by atoms with Gasteiger partial charge in [-0.25, -0.2) is 0 Å². The molecule has 1 aromatic carbocycles. The minimum Gasteiger partial charge on any atom is -0.492 e. The molecule has 0 aliphatic rings. The highest BCUT2D eigenvalue weighted by atomic mass is 35.5. The van der Waals surface area contributed by atoms with Gasteiger partial charge in [-0.3, -0.25) is 0 Å². The summed E-state index contributed by atoms with van der Waals surface area (Å²) >= 11 is 5.60. The molecule has 0 radical (unpaired) electrons. The van der Waals surface area contributed by atoms with Gasteiger partial charge in [-0.15, -0.1) is 12.1 Å². The molecule has 0 aliphatic heterocycles. The Morgan fingerprint density at radius 3 is 2.27 bits per heavy atom. The van der Waals surface area contributed by atoms with E-state index in [4.69, 9.17) is 16.3 Å². The van der Waals surface area contributed by atoms with E-state index in [1.54, 1.807) is 12.1 Å². The minimum absolute atomic E-state index is 0.334. The Hall–Kier alpha value is -1.10. The van der Waals surface area contributed by atoms with Gasteiger partial charge < -0.3 is 17.7 Å². The zero-order valence-electron chi connectivity index (χ0n) is 7.72. The summed E-state index contributed by atoms with van der Waals surface area (Å²) in [6, 6.07) is 6.08. The first-order valence-electron chi connectivity index (χ1n) is 4.15. The molecule has 0 atom stereocenters. The molecule has 0 heterocycles. The second-order valence-corrected chi connectivity index (χ2v) is 3.41. The molecule has 0 spiro atoms. The summed E-state index contributed by atoms with van der Waals surface area (Å²) in [7, 11) is 0. The van der Waals surface area contributed by atoms with Crippen LogP contribution in [0.3, 0.4) is 0 Å². The average molecular weight is 235 g/mol. The molecule has 0 unspecified atom stereocenters. The monoisotopic (exact) mass is 235 g/mol. The van der Waals surface area contributed by atoms with Crippen LogP contribution in [0, 0.1) is 0 Å². The first-order valence-corrected chi connectivity index (χ1v) is 4.53. The van der Waals surface area contributed by atoms with Crippen LogP contribution in [0.5, 0.6) is 5.75 Å². The zero-order valence-corrected chi connectivity index (χ0v) is 8.48. The molecule has 0 bridgehead atoms. The predicted octanol–water partition coefficient (Wildman–Crippen LogP) is 3.66. The van der Waals surface area contributed by atoms with Crippen LogP contribution in [0.1, 0.15) is 0 Å². The molecule has 0 aromatic heterocycles. The van der Waals surface area contributed by atoms with Crippen LogP contribution in [0.4, 0.5) is 12.9 Å². The zero-order chi connectivity index (χ0) is 11.5. The highest BCUT2D eigenvalue weighted by Crippen LogP contribution is 2.20. The molecule has 1 rings (SSSR count). The first kappa shape index (κ1) is 12.0. The van der Waals surface area contributed by atoms with Crippen molar-refractivity contribution in [2.45, 2.75) is 0 Å². The first-order chi connectivity index (χ1) is 6.89. The summed E-state index contributed by atoms with van der Waals surface area (Å²) in [5.41, 5.74) is -0.857. The molecule has 0 saturated carbocycles. The summed E-state index contributed by atoms with van der Waals surface area (Å²) in [5, 5.41) is 0.501. The van der Waals surface area contributed by atoms with Gasteiger partial charge in [-0.1, -0.05) is 11.6 Å². The number of hydrogen-bond acceptors (Lipinski definition) is 1. The molecular formula is C9H8BClF3O-. The maximum absolute atomic E-state index is 12.1. The highest BCUT2D eigenvalue weighted by Gasteiger charge is 2.26. The fraction of sp³-hybridized carbons (Fsp3) is 0.111. The minimum atomic E-state index is -5.02. The lowest BCUT2D eigenvalue weighted by atomic mass is 9.81. The standard InChI is InChI=1S/C9H8BClF3O/c1-7(10(12,13)14)6-15-9-4-2-8(11)3-5-9/h2-5H,1,6H2/q-1. The molecule has 0 fully saturated rings. The van der Waals surface area contributed by atoms with Crippen molar-refractivity contribution in [3.05, 3.63) is 41.3 Å². The van der Waals surface area contributed by atoms with E-state index in [0.717, 1.165) is 0 Å². The molecule has 0 saturated heterocycles. The molecule has 0 amide bonds. The molecule has 1 aromatic rings. The van der Waals surface area contributed by atoms with Gasteiger partial charge in [-0.05, 0) is 24.3 Å². The SMILES string of the molecule is C=C(COc1ccc(Cl)cc1)[B-](F)(F)F. The third kappa shape index (κ3) is 3.87.